The van der Waals surface area contributed by atoms with Crippen LogP contribution in [0.25, 0.3) is 0 Å². The molecular weight excluding hydrogens is 485 g/mol. The van der Waals surface area contributed by atoms with Crippen LogP contribution in [0.5, 0.6) is 5.75 Å². The molecule has 0 radical (unpaired) electrons. The first-order valence-corrected chi connectivity index (χ1v) is 12.0. The van der Waals surface area contributed by atoms with Crippen molar-refractivity contribution in [2.75, 3.05) is 13.1 Å². The van der Waals surface area contributed by atoms with E-state index in [-0.39, 0.29) is 6.04 Å². The van der Waals surface area contributed by atoms with Gasteiger partial charge in [0.15, 0.2) is 0 Å². The predicted molar refractivity (Wildman–Crippen MR) is 126 cm³/mol. The van der Waals surface area contributed by atoms with E-state index >= 15 is 0 Å². The minimum absolute atomic E-state index is 0.154. The molecule has 0 N–H and O–H groups in total. The maximum Gasteiger partial charge on any atom is 0.200 e. The normalized spacial score (nSPS) is 22.7. The lowest BCUT2D eigenvalue weighted by atomic mass is 9.90. The maximum atomic E-state index is 6.71. The first kappa shape index (κ1) is 20.6. The maximum absolute atomic E-state index is 6.71. The molecule has 3 aliphatic rings. The predicted octanol–water partition coefficient (Wildman–Crippen LogP) is 6.50. The molecule has 30 heavy (non-hydrogen) atoms. The van der Waals surface area contributed by atoms with E-state index in [1.807, 2.05) is 18.2 Å². The lowest BCUT2D eigenvalue weighted by Crippen LogP contribution is -2.59. The highest BCUT2D eigenvalue weighted by Gasteiger charge is 2.52. The first-order valence-electron chi connectivity index (χ1n) is 10.4. The van der Waals surface area contributed by atoms with Gasteiger partial charge in [-0.3, -0.25) is 0 Å². The summed E-state index contributed by atoms with van der Waals surface area (Å²) in [4.78, 5) is 2.51. The van der Waals surface area contributed by atoms with Crippen LogP contribution in [-0.4, -0.2) is 40.5 Å². The molecule has 3 heterocycles. The fraction of sp³-hybridized carbons (Fsp3) is 0.435. The molecular formula is C23H24BrCl2N3O. The third-order valence-corrected chi connectivity index (χ3v) is 7.75. The van der Waals surface area contributed by atoms with Crippen molar-refractivity contribution in [2.45, 2.75) is 50.9 Å². The number of ether oxygens (including phenoxy) is 1. The second-order valence-electron chi connectivity index (χ2n) is 8.60. The van der Waals surface area contributed by atoms with Gasteiger partial charge in [0.2, 0.25) is 5.72 Å². The van der Waals surface area contributed by atoms with Crippen molar-refractivity contribution in [1.82, 2.24) is 9.91 Å². The van der Waals surface area contributed by atoms with E-state index in [1.165, 1.54) is 5.56 Å². The molecule has 1 saturated heterocycles. The second kappa shape index (κ2) is 7.70. The number of hydrogen-bond donors (Lipinski definition) is 0. The van der Waals surface area contributed by atoms with Crippen molar-refractivity contribution in [1.29, 1.82) is 0 Å². The lowest BCUT2D eigenvalue weighted by molar-refractivity contribution is -0.152. The molecule has 2 aromatic rings. The van der Waals surface area contributed by atoms with Gasteiger partial charge in [-0.2, -0.15) is 5.10 Å². The van der Waals surface area contributed by atoms with Crippen LogP contribution in [0.4, 0.5) is 0 Å². The largest absolute Gasteiger partial charge is 0.466 e. The number of likely N-dealkylation sites (tertiary alicyclic amines) is 1. The Morgan fingerprint density at radius 3 is 2.57 bits per heavy atom. The zero-order valence-electron chi connectivity index (χ0n) is 17.0. The van der Waals surface area contributed by atoms with Gasteiger partial charge in [-0.25, -0.2) is 5.01 Å². The molecule has 3 aliphatic heterocycles. The van der Waals surface area contributed by atoms with Crippen molar-refractivity contribution >= 4 is 44.8 Å². The van der Waals surface area contributed by atoms with Crippen LogP contribution >= 0.6 is 39.1 Å². The summed E-state index contributed by atoms with van der Waals surface area (Å²) in [5.74, 6) is 0.975. The Hall–Kier alpha value is -1.27. The molecule has 1 spiro atoms. The van der Waals surface area contributed by atoms with E-state index in [1.54, 1.807) is 0 Å². The van der Waals surface area contributed by atoms with E-state index < -0.39 is 5.72 Å². The summed E-state index contributed by atoms with van der Waals surface area (Å²) in [5, 5.41) is 8.47. The molecule has 1 fully saturated rings. The monoisotopic (exact) mass is 507 g/mol. The SMILES string of the molecule is CC(C)N1CCC2(CC1)Oc1ccc(Br)cc1C1CC(c3ccc(Cl)c(Cl)c3)=NN12. The van der Waals surface area contributed by atoms with Crippen molar-refractivity contribution in [3.05, 3.63) is 62.0 Å². The van der Waals surface area contributed by atoms with Gasteiger partial charge in [0, 0.05) is 48.4 Å². The van der Waals surface area contributed by atoms with Crippen molar-refractivity contribution < 1.29 is 4.74 Å². The number of hydrogen-bond acceptors (Lipinski definition) is 4. The van der Waals surface area contributed by atoms with Crippen LogP contribution in [0.1, 0.15) is 50.3 Å². The summed E-state index contributed by atoms with van der Waals surface area (Å²) in [7, 11) is 0. The highest BCUT2D eigenvalue weighted by atomic mass is 79.9. The minimum Gasteiger partial charge on any atom is -0.466 e. The molecule has 4 nitrogen and oxygen atoms in total. The highest BCUT2D eigenvalue weighted by molar-refractivity contribution is 9.10. The molecule has 0 aromatic heterocycles. The Kier molecular flexibility index (Phi) is 5.29. The summed E-state index contributed by atoms with van der Waals surface area (Å²) >= 11 is 16.1. The molecule has 2 aromatic carbocycles. The molecule has 1 unspecified atom stereocenters. The summed E-state index contributed by atoms with van der Waals surface area (Å²) in [6.45, 7) is 6.52. The Morgan fingerprint density at radius 2 is 1.87 bits per heavy atom. The van der Waals surface area contributed by atoms with Gasteiger partial charge in [-0.15, -0.1) is 0 Å². The average Bonchev–Trinajstić information content (AvgIpc) is 3.18. The highest BCUT2D eigenvalue weighted by Crippen LogP contribution is 2.50. The fourth-order valence-electron chi connectivity index (χ4n) is 4.82. The smallest absolute Gasteiger partial charge is 0.200 e. The molecule has 7 heteroatoms. The Labute approximate surface area is 195 Å². The van der Waals surface area contributed by atoms with Crippen LogP contribution in [0.3, 0.4) is 0 Å². The fourth-order valence-corrected chi connectivity index (χ4v) is 5.50. The minimum atomic E-state index is -0.408. The van der Waals surface area contributed by atoms with Crippen LogP contribution in [0.15, 0.2) is 46.0 Å². The van der Waals surface area contributed by atoms with E-state index in [0.29, 0.717) is 16.1 Å². The standard InChI is InChI=1S/C23H24BrCl2N3O/c1-14(2)28-9-7-23(8-10-28)29-21(17-12-16(24)4-6-22(17)30-23)13-20(27-29)15-3-5-18(25)19(26)11-15/h3-6,11-12,14,21H,7-10,13H2,1-2H3. The second-order valence-corrected chi connectivity index (χ2v) is 10.3. The number of hydrazone groups is 1. The molecule has 0 amide bonds. The van der Waals surface area contributed by atoms with Crippen LogP contribution < -0.4 is 4.74 Å². The van der Waals surface area contributed by atoms with Gasteiger partial charge >= 0.3 is 0 Å². The Morgan fingerprint density at radius 1 is 1.10 bits per heavy atom. The molecule has 1 atom stereocenters. The number of fused-ring (bicyclic) bond motifs is 4. The summed E-state index contributed by atoms with van der Waals surface area (Å²) in [6.07, 6.45) is 2.67. The first-order chi connectivity index (χ1) is 14.4. The number of halogens is 3. The van der Waals surface area contributed by atoms with Gasteiger partial charge in [0.05, 0.1) is 21.8 Å². The topological polar surface area (TPSA) is 28.1 Å². The van der Waals surface area contributed by atoms with E-state index in [0.717, 1.165) is 53.8 Å². The van der Waals surface area contributed by atoms with Gasteiger partial charge in [-0.05, 0) is 49.7 Å². The van der Waals surface area contributed by atoms with Crippen LogP contribution in [-0.2, 0) is 0 Å². The summed E-state index contributed by atoms with van der Waals surface area (Å²) in [5.41, 5.74) is 2.82. The zero-order valence-corrected chi connectivity index (χ0v) is 20.1. The molecule has 0 saturated carbocycles. The number of benzene rings is 2. The third-order valence-electron chi connectivity index (χ3n) is 6.52. The number of rotatable bonds is 2. The lowest BCUT2D eigenvalue weighted by Gasteiger charge is -2.51. The Balaban J connectivity index is 1.55. The molecule has 158 valence electrons. The van der Waals surface area contributed by atoms with Crippen molar-refractivity contribution in [3.63, 3.8) is 0 Å². The summed E-state index contributed by atoms with van der Waals surface area (Å²) in [6, 6.07) is 12.8. The van der Waals surface area contributed by atoms with E-state index in [9.17, 15) is 0 Å². The molecule has 5 rings (SSSR count). The van der Waals surface area contributed by atoms with Crippen molar-refractivity contribution in [2.24, 2.45) is 5.10 Å². The average molecular weight is 509 g/mol. The third kappa shape index (κ3) is 3.44. The number of nitrogens with zero attached hydrogens (tertiary/aromatic N) is 3. The Bertz CT molecular complexity index is 1020. The van der Waals surface area contributed by atoms with Gasteiger partial charge < -0.3 is 9.64 Å². The van der Waals surface area contributed by atoms with E-state index in [2.05, 4.69) is 57.9 Å². The quantitative estimate of drug-likeness (QED) is 0.463. The summed E-state index contributed by atoms with van der Waals surface area (Å²) < 4.78 is 7.76. The van der Waals surface area contributed by atoms with Crippen molar-refractivity contribution in [3.8, 4) is 5.75 Å². The van der Waals surface area contributed by atoms with Crippen LogP contribution in [0, 0.1) is 0 Å². The van der Waals surface area contributed by atoms with Crippen LogP contribution in [0.2, 0.25) is 10.0 Å². The molecule has 0 aliphatic carbocycles. The zero-order chi connectivity index (χ0) is 21.0. The van der Waals surface area contributed by atoms with Gasteiger partial charge in [0.25, 0.3) is 0 Å². The number of piperidine rings is 1. The van der Waals surface area contributed by atoms with E-state index in [4.69, 9.17) is 33.0 Å². The molecule has 0 bridgehead atoms. The van der Waals surface area contributed by atoms with Gasteiger partial charge in [0.1, 0.15) is 5.75 Å². The van der Waals surface area contributed by atoms with Gasteiger partial charge in [-0.1, -0.05) is 45.2 Å².